The van der Waals surface area contributed by atoms with Gasteiger partial charge in [0.2, 0.25) is 11.5 Å². The average molecular weight is 607 g/mol. The van der Waals surface area contributed by atoms with Crippen LogP contribution in [0, 0.1) is 5.92 Å². The molecule has 9 heteroatoms. The third-order valence-corrected chi connectivity index (χ3v) is 8.49. The Balaban J connectivity index is 1.58. The zero-order chi connectivity index (χ0) is 29.9. The minimum atomic E-state index is -4.38. The summed E-state index contributed by atoms with van der Waals surface area (Å²) in [7, 11) is -4.38. The van der Waals surface area contributed by atoms with Gasteiger partial charge >= 0.3 is 5.89 Å². The molecule has 3 aromatic carbocycles. The van der Waals surface area contributed by atoms with Crippen LogP contribution in [0.1, 0.15) is 45.9 Å². The summed E-state index contributed by atoms with van der Waals surface area (Å²) in [5, 5.41) is 0.652. The molecule has 220 valence electrons. The second-order valence-electron chi connectivity index (χ2n) is 10.7. The topological polar surface area (TPSA) is 86.7 Å². The maximum atomic E-state index is 11.6. The number of unbranched alkanes of at least 4 members (excludes halogenated alkanes) is 1. The number of nitrogens with zero attached hydrogens (tertiary/aromatic N) is 2. The minimum Gasteiger partial charge on any atom is -0.748 e. The fourth-order valence-electron chi connectivity index (χ4n) is 5.21. The van der Waals surface area contributed by atoms with E-state index >= 15 is 0 Å². The molecule has 0 radical (unpaired) electrons. The third kappa shape index (κ3) is 6.89. The Morgan fingerprint density at radius 2 is 1.86 bits per heavy atom. The summed E-state index contributed by atoms with van der Waals surface area (Å²) in [4.78, 5) is 2.15. The molecule has 0 saturated carbocycles. The molecule has 0 fully saturated rings. The first-order valence-corrected chi connectivity index (χ1v) is 16.2. The predicted octanol–water partition coefficient (Wildman–Crippen LogP) is 7.56. The van der Waals surface area contributed by atoms with Gasteiger partial charge in [0.05, 0.1) is 21.9 Å². The van der Waals surface area contributed by atoms with Crippen LogP contribution in [0.15, 0.2) is 88.7 Å². The normalized spacial score (nSPS) is 15.3. The van der Waals surface area contributed by atoms with Crippen LogP contribution >= 0.6 is 11.6 Å². The molecule has 1 aliphatic heterocycles. The predicted molar refractivity (Wildman–Crippen MR) is 166 cm³/mol. The monoisotopic (exact) mass is 606 g/mol. The maximum Gasteiger partial charge on any atom is 0.374 e. The van der Waals surface area contributed by atoms with Gasteiger partial charge in [-0.05, 0) is 53.8 Å². The van der Waals surface area contributed by atoms with Crippen LogP contribution in [-0.2, 0) is 16.7 Å². The number of rotatable bonds is 11. The molecule has 2 heterocycles. The zero-order valence-electron chi connectivity index (χ0n) is 24.0. The summed E-state index contributed by atoms with van der Waals surface area (Å²) in [6, 6.07) is 21.6. The van der Waals surface area contributed by atoms with E-state index in [9.17, 15) is 13.0 Å². The first kappa shape index (κ1) is 29.9. The SMILES string of the molecule is CCCCN1/C(=C/C(=C/c2oc3ccc(-c4ccccc4)cc3[n+]2CC(C)CS(=O)(=O)[O-])CC)Oc2ccc(Cl)cc21. The number of benzene rings is 3. The van der Waals surface area contributed by atoms with Crippen molar-refractivity contribution in [1.82, 2.24) is 0 Å². The van der Waals surface area contributed by atoms with Crippen LogP contribution in [0.5, 0.6) is 5.75 Å². The van der Waals surface area contributed by atoms with E-state index in [0.717, 1.165) is 53.0 Å². The van der Waals surface area contributed by atoms with E-state index in [2.05, 4.69) is 18.7 Å². The highest BCUT2D eigenvalue weighted by molar-refractivity contribution is 7.85. The van der Waals surface area contributed by atoms with E-state index in [4.69, 9.17) is 20.8 Å². The van der Waals surface area contributed by atoms with Crippen molar-refractivity contribution in [2.45, 2.75) is 46.6 Å². The third-order valence-electron chi connectivity index (χ3n) is 7.27. The molecule has 0 saturated heterocycles. The van der Waals surface area contributed by atoms with Crippen molar-refractivity contribution in [3.63, 3.8) is 0 Å². The molecule has 1 unspecified atom stereocenters. The van der Waals surface area contributed by atoms with E-state index in [0.29, 0.717) is 35.3 Å². The molecule has 1 atom stereocenters. The molecule has 42 heavy (non-hydrogen) atoms. The van der Waals surface area contributed by atoms with E-state index in [1.807, 2.05) is 83.4 Å². The summed E-state index contributed by atoms with van der Waals surface area (Å²) in [6.07, 6.45) is 6.71. The van der Waals surface area contributed by atoms with Crippen molar-refractivity contribution in [2.24, 2.45) is 5.92 Å². The molecule has 5 rings (SSSR count). The van der Waals surface area contributed by atoms with E-state index in [1.54, 1.807) is 6.92 Å². The van der Waals surface area contributed by atoms with Crippen molar-refractivity contribution in [3.05, 3.63) is 95.2 Å². The van der Waals surface area contributed by atoms with E-state index < -0.39 is 21.8 Å². The van der Waals surface area contributed by atoms with Crippen molar-refractivity contribution < 1.29 is 26.7 Å². The number of aromatic nitrogens is 1. The lowest BCUT2D eigenvalue weighted by atomic mass is 10.1. The van der Waals surface area contributed by atoms with Gasteiger partial charge in [-0.3, -0.25) is 0 Å². The number of oxazole rings is 1. The number of allylic oxidation sites excluding steroid dienone is 2. The molecule has 0 spiro atoms. The fraction of sp³-hybridized carbons (Fsp3) is 0.303. The van der Waals surface area contributed by atoms with Crippen molar-refractivity contribution in [2.75, 3.05) is 17.2 Å². The lowest BCUT2D eigenvalue weighted by molar-refractivity contribution is -0.683. The summed E-state index contributed by atoms with van der Waals surface area (Å²) in [6.45, 7) is 7.07. The fourth-order valence-corrected chi connectivity index (χ4v) is 6.18. The van der Waals surface area contributed by atoms with Crippen LogP contribution in [-0.4, -0.2) is 25.3 Å². The van der Waals surface area contributed by atoms with Gasteiger partial charge in [-0.2, -0.15) is 4.57 Å². The first-order valence-electron chi connectivity index (χ1n) is 14.3. The quantitative estimate of drug-likeness (QED) is 0.129. The molecular formula is C33H35ClN2O5S. The van der Waals surface area contributed by atoms with Crippen LogP contribution in [0.25, 0.3) is 28.3 Å². The van der Waals surface area contributed by atoms with E-state index in [-0.39, 0.29) is 0 Å². The average Bonchev–Trinajstić information content (AvgIpc) is 3.46. The zero-order valence-corrected chi connectivity index (χ0v) is 25.6. The Morgan fingerprint density at radius 1 is 1.07 bits per heavy atom. The second kappa shape index (κ2) is 12.7. The molecule has 0 bridgehead atoms. The van der Waals surface area contributed by atoms with Crippen LogP contribution < -0.4 is 14.2 Å². The molecule has 0 aliphatic carbocycles. The Labute approximate surface area is 252 Å². The largest absolute Gasteiger partial charge is 0.748 e. The Kier molecular flexibility index (Phi) is 9.06. The number of hydrogen-bond donors (Lipinski definition) is 0. The van der Waals surface area contributed by atoms with Crippen molar-refractivity contribution in [3.8, 4) is 16.9 Å². The van der Waals surface area contributed by atoms with Crippen LogP contribution in [0.2, 0.25) is 5.02 Å². The maximum absolute atomic E-state index is 11.6. The molecule has 1 aromatic heterocycles. The number of fused-ring (bicyclic) bond motifs is 2. The number of anilines is 1. The summed E-state index contributed by atoms with van der Waals surface area (Å²) < 4.78 is 49.3. The van der Waals surface area contributed by atoms with Gasteiger partial charge in [-0.1, -0.05) is 75.2 Å². The Hall–Kier alpha value is -3.59. The Morgan fingerprint density at radius 3 is 2.57 bits per heavy atom. The number of hydrogen-bond acceptors (Lipinski definition) is 6. The number of ether oxygens (including phenoxy) is 1. The molecule has 0 N–H and O–H groups in total. The lowest BCUT2D eigenvalue weighted by Crippen LogP contribution is -2.40. The highest BCUT2D eigenvalue weighted by Crippen LogP contribution is 2.41. The van der Waals surface area contributed by atoms with Gasteiger partial charge in [0.15, 0.2) is 12.3 Å². The molecular weight excluding hydrogens is 572 g/mol. The molecule has 1 aliphatic rings. The first-order chi connectivity index (χ1) is 20.1. The molecule has 4 aromatic rings. The van der Waals surface area contributed by atoms with Gasteiger partial charge in [-0.25, -0.2) is 8.42 Å². The van der Waals surface area contributed by atoms with Crippen molar-refractivity contribution >= 4 is 44.6 Å². The van der Waals surface area contributed by atoms with Gasteiger partial charge in [0, 0.05) is 35.4 Å². The lowest BCUT2D eigenvalue weighted by Gasteiger charge is -2.18. The second-order valence-corrected chi connectivity index (χ2v) is 12.6. The van der Waals surface area contributed by atoms with E-state index in [1.165, 1.54) is 0 Å². The molecule has 0 amide bonds. The highest BCUT2D eigenvalue weighted by Gasteiger charge is 2.28. The Bertz CT molecular complexity index is 1750. The van der Waals surface area contributed by atoms with Gasteiger partial charge < -0.3 is 18.6 Å². The minimum absolute atomic E-state index is 0.301. The smallest absolute Gasteiger partial charge is 0.374 e. The van der Waals surface area contributed by atoms with Gasteiger partial charge in [0.25, 0.3) is 5.52 Å². The molecule has 7 nitrogen and oxygen atoms in total. The van der Waals surface area contributed by atoms with Gasteiger partial charge in [-0.15, -0.1) is 0 Å². The summed E-state index contributed by atoms with van der Waals surface area (Å²) in [5.74, 6) is 1.17. The number of halogens is 1. The van der Waals surface area contributed by atoms with Crippen LogP contribution in [0.4, 0.5) is 5.69 Å². The van der Waals surface area contributed by atoms with Crippen LogP contribution in [0.3, 0.4) is 0 Å². The van der Waals surface area contributed by atoms with Crippen molar-refractivity contribution in [1.29, 1.82) is 0 Å². The van der Waals surface area contributed by atoms with Gasteiger partial charge in [0.1, 0.15) is 0 Å². The highest BCUT2D eigenvalue weighted by atomic mass is 35.5. The summed E-state index contributed by atoms with van der Waals surface area (Å²) >= 11 is 6.31. The summed E-state index contributed by atoms with van der Waals surface area (Å²) in [5.41, 5.74) is 5.47. The standard InChI is InChI=1S/C33H35ClN2O5S/c1-4-6-16-35-29-20-27(34)13-15-31(29)40-32(35)17-24(5-2)18-33-36(21-23(3)22-42(37,38)39)28-19-26(12-14-30(28)41-33)25-10-8-7-9-11-25/h7-15,17-20,23H,4-6,16,21-22H2,1-3H3.